The Morgan fingerprint density at radius 2 is 1.68 bits per heavy atom. The van der Waals surface area contributed by atoms with Crippen LogP contribution >= 0.6 is 0 Å². The fourth-order valence-corrected chi connectivity index (χ4v) is 4.45. The molecule has 1 saturated heterocycles. The normalized spacial score (nSPS) is 17.4. The van der Waals surface area contributed by atoms with Crippen LogP contribution in [0.2, 0.25) is 0 Å². The van der Waals surface area contributed by atoms with Gasteiger partial charge in [-0.05, 0) is 60.7 Å². The van der Waals surface area contributed by atoms with Crippen LogP contribution in [-0.4, -0.2) is 23.4 Å². The molecule has 1 unspecified atom stereocenters. The molecule has 0 aliphatic carbocycles. The van der Waals surface area contributed by atoms with E-state index in [1.54, 1.807) is 6.07 Å². The van der Waals surface area contributed by atoms with Crippen LogP contribution in [0.1, 0.15) is 55.0 Å². The Morgan fingerprint density at radius 1 is 1.00 bits per heavy atom. The first kappa shape index (κ1) is 23.3. The van der Waals surface area contributed by atoms with Crippen molar-refractivity contribution in [2.24, 2.45) is 0 Å². The number of Topliss-reactive ketones (excluding diaryl/α,β-unsaturated/α-hetero) is 1. The first-order chi connectivity index (χ1) is 16.3. The molecule has 5 nitrogen and oxygen atoms in total. The zero-order chi connectivity index (χ0) is 24.4. The SMILES string of the molecule is CCOc1ccc(/C(O)=C2/C(=O)C(=O)N(c3ccccc3C)C2c2ccccc2)cc1C(C)C. The number of para-hydroxylation sites is 1. The number of hydrogen-bond donors (Lipinski definition) is 1. The predicted octanol–water partition coefficient (Wildman–Crippen LogP) is 6.14. The van der Waals surface area contributed by atoms with Crippen LogP contribution in [0.4, 0.5) is 5.69 Å². The van der Waals surface area contributed by atoms with E-state index in [-0.39, 0.29) is 17.3 Å². The number of amides is 1. The lowest BCUT2D eigenvalue weighted by atomic mass is 9.93. The second kappa shape index (κ2) is 9.56. The number of carbonyl (C=O) groups excluding carboxylic acids is 2. The Balaban J connectivity index is 1.93. The Hall–Kier alpha value is -3.86. The van der Waals surface area contributed by atoms with Crippen molar-refractivity contribution >= 4 is 23.1 Å². The van der Waals surface area contributed by atoms with Gasteiger partial charge in [0.1, 0.15) is 11.5 Å². The van der Waals surface area contributed by atoms with Gasteiger partial charge in [0.05, 0.1) is 18.2 Å². The number of ketones is 1. The van der Waals surface area contributed by atoms with Gasteiger partial charge in [0.25, 0.3) is 11.7 Å². The third kappa shape index (κ3) is 4.10. The van der Waals surface area contributed by atoms with Crippen molar-refractivity contribution in [3.8, 4) is 5.75 Å². The van der Waals surface area contributed by atoms with E-state index in [0.717, 1.165) is 22.4 Å². The molecule has 0 spiro atoms. The van der Waals surface area contributed by atoms with Crippen molar-refractivity contribution in [1.82, 2.24) is 0 Å². The predicted molar refractivity (Wildman–Crippen MR) is 134 cm³/mol. The first-order valence-electron chi connectivity index (χ1n) is 11.5. The average Bonchev–Trinajstić information content (AvgIpc) is 3.10. The lowest BCUT2D eigenvalue weighted by molar-refractivity contribution is -0.132. The van der Waals surface area contributed by atoms with Crippen LogP contribution in [0.25, 0.3) is 5.76 Å². The monoisotopic (exact) mass is 455 g/mol. The number of carbonyl (C=O) groups is 2. The van der Waals surface area contributed by atoms with Gasteiger partial charge in [-0.3, -0.25) is 14.5 Å². The molecule has 1 amide bonds. The minimum Gasteiger partial charge on any atom is -0.507 e. The second-order valence-corrected chi connectivity index (χ2v) is 8.71. The molecule has 1 heterocycles. The molecule has 1 atom stereocenters. The summed E-state index contributed by atoms with van der Waals surface area (Å²) in [6, 6.07) is 21.4. The summed E-state index contributed by atoms with van der Waals surface area (Å²) < 4.78 is 5.75. The summed E-state index contributed by atoms with van der Waals surface area (Å²) in [6.45, 7) is 8.44. The van der Waals surface area contributed by atoms with Gasteiger partial charge in [0, 0.05) is 11.3 Å². The van der Waals surface area contributed by atoms with Gasteiger partial charge in [0.15, 0.2) is 0 Å². The Labute approximate surface area is 200 Å². The topological polar surface area (TPSA) is 66.8 Å². The fourth-order valence-electron chi connectivity index (χ4n) is 4.45. The van der Waals surface area contributed by atoms with Crippen molar-refractivity contribution in [2.75, 3.05) is 11.5 Å². The molecule has 5 heteroatoms. The number of ether oxygens (including phenoxy) is 1. The van der Waals surface area contributed by atoms with Crippen LogP contribution in [-0.2, 0) is 9.59 Å². The molecule has 1 aliphatic heterocycles. The second-order valence-electron chi connectivity index (χ2n) is 8.71. The number of rotatable bonds is 6. The van der Waals surface area contributed by atoms with E-state index >= 15 is 0 Å². The number of aliphatic hydroxyl groups excluding tert-OH is 1. The quantitative estimate of drug-likeness (QED) is 0.275. The maximum absolute atomic E-state index is 13.4. The van der Waals surface area contributed by atoms with Crippen molar-refractivity contribution in [1.29, 1.82) is 0 Å². The van der Waals surface area contributed by atoms with E-state index in [0.29, 0.717) is 17.9 Å². The zero-order valence-electron chi connectivity index (χ0n) is 19.9. The number of nitrogens with zero attached hydrogens (tertiary/aromatic N) is 1. The summed E-state index contributed by atoms with van der Waals surface area (Å²) in [4.78, 5) is 28.2. The van der Waals surface area contributed by atoms with Crippen molar-refractivity contribution in [3.63, 3.8) is 0 Å². The number of hydrogen-bond acceptors (Lipinski definition) is 4. The van der Waals surface area contributed by atoms with Crippen molar-refractivity contribution in [2.45, 2.75) is 39.7 Å². The van der Waals surface area contributed by atoms with Crippen LogP contribution < -0.4 is 9.64 Å². The summed E-state index contributed by atoms with van der Waals surface area (Å²) in [7, 11) is 0. The molecule has 174 valence electrons. The molecule has 3 aromatic rings. The van der Waals surface area contributed by atoms with E-state index in [1.807, 2.05) is 94.4 Å². The van der Waals surface area contributed by atoms with Gasteiger partial charge in [0.2, 0.25) is 0 Å². The molecule has 0 saturated carbocycles. The maximum atomic E-state index is 13.4. The van der Waals surface area contributed by atoms with Crippen LogP contribution in [0.5, 0.6) is 5.75 Å². The minimum atomic E-state index is -0.739. The summed E-state index contributed by atoms with van der Waals surface area (Å²) >= 11 is 0. The number of aryl methyl sites for hydroxylation is 1. The van der Waals surface area contributed by atoms with E-state index in [9.17, 15) is 14.7 Å². The van der Waals surface area contributed by atoms with Crippen molar-refractivity contribution < 1.29 is 19.4 Å². The third-order valence-electron chi connectivity index (χ3n) is 6.14. The molecule has 34 heavy (non-hydrogen) atoms. The standard InChI is InChI=1S/C29H29NO4/c1-5-34-24-16-15-21(17-22(24)18(2)3)27(31)25-26(20-12-7-6-8-13-20)30(29(33)28(25)32)23-14-10-9-11-19(23)4/h6-18,26,31H,5H2,1-4H3/b27-25-. The Bertz CT molecular complexity index is 1260. The Kier molecular flexibility index (Phi) is 6.55. The van der Waals surface area contributed by atoms with Gasteiger partial charge < -0.3 is 9.84 Å². The summed E-state index contributed by atoms with van der Waals surface area (Å²) in [5, 5.41) is 11.4. The number of aliphatic hydroxyl groups is 1. The van der Waals surface area contributed by atoms with E-state index in [2.05, 4.69) is 0 Å². The highest BCUT2D eigenvalue weighted by Crippen LogP contribution is 2.43. The van der Waals surface area contributed by atoms with Crippen LogP contribution in [0.3, 0.4) is 0 Å². The molecule has 1 N–H and O–H groups in total. The van der Waals surface area contributed by atoms with Gasteiger partial charge in [-0.1, -0.05) is 62.4 Å². The average molecular weight is 456 g/mol. The lowest BCUT2D eigenvalue weighted by Gasteiger charge is -2.26. The molecule has 1 aliphatic rings. The van der Waals surface area contributed by atoms with Crippen LogP contribution in [0, 0.1) is 6.92 Å². The number of anilines is 1. The van der Waals surface area contributed by atoms with Gasteiger partial charge in [-0.15, -0.1) is 0 Å². The highest BCUT2D eigenvalue weighted by atomic mass is 16.5. The molecule has 0 radical (unpaired) electrons. The molecule has 1 fully saturated rings. The maximum Gasteiger partial charge on any atom is 0.300 e. The highest BCUT2D eigenvalue weighted by molar-refractivity contribution is 6.51. The molecular formula is C29H29NO4. The Morgan fingerprint density at radius 3 is 2.32 bits per heavy atom. The first-order valence-corrected chi connectivity index (χ1v) is 11.5. The van der Waals surface area contributed by atoms with E-state index in [4.69, 9.17) is 4.74 Å². The number of benzene rings is 3. The summed E-state index contributed by atoms with van der Waals surface area (Å²) in [5.41, 5.74) is 3.76. The molecule has 3 aromatic carbocycles. The third-order valence-corrected chi connectivity index (χ3v) is 6.14. The molecule has 0 bridgehead atoms. The van der Waals surface area contributed by atoms with E-state index in [1.165, 1.54) is 4.90 Å². The van der Waals surface area contributed by atoms with Gasteiger partial charge in [-0.25, -0.2) is 0 Å². The van der Waals surface area contributed by atoms with Gasteiger partial charge >= 0.3 is 0 Å². The van der Waals surface area contributed by atoms with E-state index < -0.39 is 17.7 Å². The molecule has 0 aromatic heterocycles. The largest absolute Gasteiger partial charge is 0.507 e. The fraction of sp³-hybridized carbons (Fsp3) is 0.241. The zero-order valence-corrected chi connectivity index (χ0v) is 19.9. The molecular weight excluding hydrogens is 426 g/mol. The summed E-state index contributed by atoms with van der Waals surface area (Å²) in [5.74, 6) is -0.648. The lowest BCUT2D eigenvalue weighted by Crippen LogP contribution is -2.30. The smallest absolute Gasteiger partial charge is 0.300 e. The molecule has 4 rings (SSSR count). The summed E-state index contributed by atoms with van der Waals surface area (Å²) in [6.07, 6.45) is 0. The highest BCUT2D eigenvalue weighted by Gasteiger charge is 2.47. The van der Waals surface area contributed by atoms with Crippen LogP contribution in [0.15, 0.2) is 78.4 Å². The minimum absolute atomic E-state index is 0.0818. The van der Waals surface area contributed by atoms with Crippen molar-refractivity contribution in [3.05, 3.63) is 101 Å². The van der Waals surface area contributed by atoms with Gasteiger partial charge in [-0.2, -0.15) is 0 Å².